The van der Waals surface area contributed by atoms with Gasteiger partial charge >= 0.3 is 6.18 Å². The van der Waals surface area contributed by atoms with Crippen LogP contribution in [0.2, 0.25) is 5.02 Å². The van der Waals surface area contributed by atoms with Crippen molar-refractivity contribution in [3.63, 3.8) is 0 Å². The van der Waals surface area contributed by atoms with Gasteiger partial charge in [0.05, 0.1) is 28.7 Å². The summed E-state index contributed by atoms with van der Waals surface area (Å²) in [6.07, 6.45) is 0.598. The van der Waals surface area contributed by atoms with Crippen LogP contribution in [0.15, 0.2) is 42.7 Å². The molecule has 1 amide bonds. The first-order valence-electron chi connectivity index (χ1n) is 13.9. The van der Waals surface area contributed by atoms with Crippen LogP contribution in [0, 0.1) is 13.8 Å². The number of carbonyl (C=O) groups excluding carboxylic acids is 1. The summed E-state index contributed by atoms with van der Waals surface area (Å²) in [4.78, 5) is 17.6. The minimum Gasteiger partial charge on any atom is -0.322 e. The first-order valence-corrected chi connectivity index (χ1v) is 14.3. The van der Waals surface area contributed by atoms with E-state index in [1.807, 2.05) is 32.8 Å². The van der Waals surface area contributed by atoms with Gasteiger partial charge in [-0.2, -0.15) is 18.3 Å². The molecule has 43 heavy (non-hydrogen) atoms. The lowest BCUT2D eigenvalue weighted by molar-refractivity contribution is -0.137. The topological polar surface area (TPSA) is 84.1 Å². The molecule has 5 rings (SSSR count). The van der Waals surface area contributed by atoms with Gasteiger partial charge in [-0.05, 0) is 89.3 Å². The largest absolute Gasteiger partial charge is 0.417 e. The van der Waals surface area contributed by atoms with E-state index in [2.05, 4.69) is 32.7 Å². The van der Waals surface area contributed by atoms with E-state index in [4.69, 9.17) is 11.6 Å². The lowest BCUT2D eigenvalue weighted by Gasteiger charge is -2.35. The highest BCUT2D eigenvalue weighted by molar-refractivity contribution is 6.32. The van der Waals surface area contributed by atoms with Crippen LogP contribution >= 0.6 is 11.6 Å². The maximum atomic E-state index is 14.0. The van der Waals surface area contributed by atoms with Gasteiger partial charge in [0.2, 0.25) is 0 Å². The van der Waals surface area contributed by atoms with Crippen LogP contribution in [0.1, 0.15) is 45.6 Å². The van der Waals surface area contributed by atoms with Gasteiger partial charge in [-0.1, -0.05) is 22.9 Å². The zero-order valence-electron chi connectivity index (χ0n) is 24.7. The molecule has 1 fully saturated rings. The van der Waals surface area contributed by atoms with Crippen molar-refractivity contribution in [1.29, 1.82) is 0 Å². The Labute approximate surface area is 253 Å². The van der Waals surface area contributed by atoms with Crippen LogP contribution < -0.4 is 5.32 Å². The zero-order valence-corrected chi connectivity index (χ0v) is 25.5. The molecule has 0 radical (unpaired) electrons. The number of aromatic nitrogens is 5. The number of benzene rings is 2. The molecule has 0 unspecified atom stereocenters. The third-order valence-corrected chi connectivity index (χ3v) is 8.61. The highest BCUT2D eigenvalue weighted by atomic mass is 35.5. The molecular formula is C30H34ClF3N8O. The second-order valence-electron chi connectivity index (χ2n) is 11.2. The molecule has 2 aromatic carbocycles. The molecule has 0 aliphatic carbocycles. The predicted octanol–water partition coefficient (Wildman–Crippen LogP) is 5.74. The Hall–Kier alpha value is -3.74. The van der Waals surface area contributed by atoms with Crippen LogP contribution in [-0.4, -0.2) is 73.7 Å². The number of rotatable bonds is 7. The molecule has 4 aromatic rings. The fraction of sp³-hybridized carbons (Fsp3) is 0.400. The van der Waals surface area contributed by atoms with Crippen LogP contribution in [-0.2, 0) is 19.8 Å². The van der Waals surface area contributed by atoms with E-state index in [1.54, 1.807) is 40.0 Å². The number of aryl methyl sites for hydroxylation is 2. The fourth-order valence-corrected chi connectivity index (χ4v) is 5.64. The molecule has 3 heterocycles. The van der Waals surface area contributed by atoms with Crippen molar-refractivity contribution in [3.8, 4) is 16.9 Å². The summed E-state index contributed by atoms with van der Waals surface area (Å²) in [7, 11) is 5.78. The Morgan fingerprint density at radius 1 is 1.14 bits per heavy atom. The SMILES string of the molecule is Cc1ccc(C(=O)Nc2cc(CN(C)C3CCN(C)CC3)c(Cl)c(C(F)(F)F)c2)cc1-n1cc(-c2cnn(C)c2C)nn1. The lowest BCUT2D eigenvalue weighted by atomic mass is 10.0. The average molecular weight is 615 g/mol. The van der Waals surface area contributed by atoms with Crippen molar-refractivity contribution in [3.05, 3.63) is 75.7 Å². The van der Waals surface area contributed by atoms with Gasteiger partial charge in [-0.15, -0.1) is 5.10 Å². The van der Waals surface area contributed by atoms with E-state index in [-0.39, 0.29) is 28.9 Å². The summed E-state index contributed by atoms with van der Waals surface area (Å²) >= 11 is 6.30. The number of piperidine rings is 1. The first kappa shape index (κ1) is 30.7. The van der Waals surface area contributed by atoms with Crippen molar-refractivity contribution >= 4 is 23.2 Å². The Morgan fingerprint density at radius 3 is 2.51 bits per heavy atom. The molecule has 0 spiro atoms. The minimum absolute atomic E-state index is 0.0192. The van der Waals surface area contributed by atoms with Crippen LogP contribution in [0.3, 0.4) is 0 Å². The summed E-state index contributed by atoms with van der Waals surface area (Å²) in [6.45, 7) is 5.86. The van der Waals surface area contributed by atoms with Crippen LogP contribution in [0.5, 0.6) is 0 Å². The molecule has 1 aliphatic rings. The number of nitrogens with one attached hydrogen (secondary N) is 1. The van der Waals surface area contributed by atoms with Gasteiger partial charge in [0.15, 0.2) is 0 Å². The molecule has 1 aliphatic heterocycles. The van der Waals surface area contributed by atoms with E-state index in [0.717, 1.165) is 48.8 Å². The summed E-state index contributed by atoms with van der Waals surface area (Å²) in [5.74, 6) is -0.560. The molecule has 0 atom stereocenters. The Balaban J connectivity index is 1.40. The van der Waals surface area contributed by atoms with Gasteiger partial charge in [0, 0.05) is 42.1 Å². The number of nitrogens with zero attached hydrogens (tertiary/aromatic N) is 7. The van der Waals surface area contributed by atoms with E-state index in [1.165, 1.54) is 6.07 Å². The van der Waals surface area contributed by atoms with E-state index in [0.29, 0.717) is 16.9 Å². The second-order valence-corrected chi connectivity index (χ2v) is 11.6. The number of amides is 1. The monoisotopic (exact) mass is 614 g/mol. The van der Waals surface area contributed by atoms with Gasteiger partial charge in [0.25, 0.3) is 5.91 Å². The zero-order chi connectivity index (χ0) is 31.1. The minimum atomic E-state index is -4.69. The molecule has 0 saturated carbocycles. The van der Waals surface area contributed by atoms with Gasteiger partial charge in [-0.3, -0.25) is 14.4 Å². The third kappa shape index (κ3) is 6.61. The van der Waals surface area contributed by atoms with Crippen molar-refractivity contribution in [2.24, 2.45) is 7.05 Å². The number of halogens is 4. The first-order chi connectivity index (χ1) is 20.3. The molecular weight excluding hydrogens is 581 g/mol. The number of anilines is 1. The third-order valence-electron chi connectivity index (χ3n) is 8.17. The number of carbonyl (C=O) groups is 1. The Morgan fingerprint density at radius 2 is 1.86 bits per heavy atom. The van der Waals surface area contributed by atoms with Crippen LogP contribution in [0.25, 0.3) is 16.9 Å². The Kier molecular flexibility index (Phi) is 8.64. The van der Waals surface area contributed by atoms with E-state index in [9.17, 15) is 18.0 Å². The summed E-state index contributed by atoms with van der Waals surface area (Å²) in [5, 5.41) is 15.1. The molecule has 228 valence electrons. The van der Waals surface area contributed by atoms with Crippen molar-refractivity contribution in [2.45, 2.75) is 45.5 Å². The molecule has 1 N–H and O–H groups in total. The van der Waals surface area contributed by atoms with Crippen molar-refractivity contribution < 1.29 is 18.0 Å². The van der Waals surface area contributed by atoms with Gasteiger partial charge < -0.3 is 10.2 Å². The second kappa shape index (κ2) is 12.1. The smallest absolute Gasteiger partial charge is 0.322 e. The highest BCUT2D eigenvalue weighted by Gasteiger charge is 2.35. The normalized spacial score (nSPS) is 14.9. The maximum Gasteiger partial charge on any atom is 0.417 e. The highest BCUT2D eigenvalue weighted by Crippen LogP contribution is 2.39. The van der Waals surface area contributed by atoms with Crippen molar-refractivity contribution in [2.75, 3.05) is 32.5 Å². The number of likely N-dealkylation sites (tertiary alicyclic amines) is 1. The van der Waals surface area contributed by atoms with Gasteiger partial charge in [0.1, 0.15) is 5.69 Å². The standard InChI is InChI=1S/C30H34ClF3N8O/c1-18-6-7-20(13-27(18)42-17-26(37-38-42)24-15-35-41(5)19(24)2)29(43)36-22-12-21(28(31)25(14-22)30(32,33)34)16-40(4)23-8-10-39(3)11-9-23/h6-7,12-15,17,23H,8-11,16H2,1-5H3,(H,36,43). The predicted molar refractivity (Wildman–Crippen MR) is 159 cm³/mol. The maximum absolute atomic E-state index is 14.0. The van der Waals surface area contributed by atoms with E-state index >= 15 is 0 Å². The number of hydrogen-bond acceptors (Lipinski definition) is 6. The van der Waals surface area contributed by atoms with Crippen LogP contribution in [0.4, 0.5) is 18.9 Å². The number of hydrogen-bond donors (Lipinski definition) is 1. The lowest BCUT2D eigenvalue weighted by Crippen LogP contribution is -2.41. The summed E-state index contributed by atoms with van der Waals surface area (Å²) in [5.41, 5.74) is 3.42. The molecule has 13 heteroatoms. The molecule has 0 bridgehead atoms. The van der Waals surface area contributed by atoms with E-state index < -0.39 is 17.6 Å². The molecule has 9 nitrogen and oxygen atoms in total. The van der Waals surface area contributed by atoms with Crippen molar-refractivity contribution in [1.82, 2.24) is 34.6 Å². The molecule has 2 aromatic heterocycles. The quantitative estimate of drug-likeness (QED) is 0.286. The van der Waals surface area contributed by atoms with Gasteiger partial charge in [-0.25, -0.2) is 4.68 Å². The molecule has 1 saturated heterocycles. The summed E-state index contributed by atoms with van der Waals surface area (Å²) < 4.78 is 45.3. The fourth-order valence-electron chi connectivity index (χ4n) is 5.37. The summed E-state index contributed by atoms with van der Waals surface area (Å²) in [6, 6.07) is 7.64. The Bertz CT molecular complexity index is 1640. The number of alkyl halides is 3. The average Bonchev–Trinajstić information content (AvgIpc) is 3.56.